The summed E-state index contributed by atoms with van der Waals surface area (Å²) >= 11 is 0. The van der Waals surface area contributed by atoms with Gasteiger partial charge in [0.1, 0.15) is 0 Å². The van der Waals surface area contributed by atoms with Crippen molar-refractivity contribution in [3.63, 3.8) is 0 Å². The second kappa shape index (κ2) is 5.37. The number of nitriles is 1. The molecule has 0 bridgehead atoms. The molecule has 0 unspecified atom stereocenters. The van der Waals surface area contributed by atoms with Crippen molar-refractivity contribution in [1.29, 1.82) is 5.26 Å². The van der Waals surface area contributed by atoms with Crippen LogP contribution < -0.4 is 0 Å². The minimum atomic E-state index is 0.417. The third kappa shape index (κ3) is 2.21. The highest BCUT2D eigenvalue weighted by atomic mass is 16.5. The monoisotopic (exact) mass is 236 g/mol. The molecule has 2 saturated carbocycles. The van der Waals surface area contributed by atoms with Gasteiger partial charge in [-0.05, 0) is 33.2 Å². The second-order valence-electron chi connectivity index (χ2n) is 5.52. The van der Waals surface area contributed by atoms with Crippen molar-refractivity contribution in [3.05, 3.63) is 0 Å². The summed E-state index contributed by atoms with van der Waals surface area (Å²) in [5.74, 6) is 0. The van der Waals surface area contributed by atoms with Crippen LogP contribution in [0.15, 0.2) is 0 Å². The molecule has 1 spiro atoms. The van der Waals surface area contributed by atoms with Crippen molar-refractivity contribution in [3.8, 4) is 6.07 Å². The molecule has 0 amide bonds. The van der Waals surface area contributed by atoms with Crippen LogP contribution in [0.2, 0.25) is 0 Å². The molecule has 96 valence electrons. The molecule has 2 aliphatic carbocycles. The molecular formula is C14H24N2O. The van der Waals surface area contributed by atoms with Crippen LogP contribution in [0.4, 0.5) is 0 Å². The molecule has 3 heteroatoms. The van der Waals surface area contributed by atoms with Crippen molar-refractivity contribution in [2.75, 3.05) is 20.2 Å². The zero-order chi connectivity index (χ0) is 12.3. The molecule has 0 heterocycles. The van der Waals surface area contributed by atoms with Crippen LogP contribution in [0.3, 0.4) is 0 Å². The highest BCUT2D eigenvalue weighted by Gasteiger charge is 2.57. The van der Waals surface area contributed by atoms with Crippen LogP contribution in [-0.4, -0.2) is 37.2 Å². The summed E-state index contributed by atoms with van der Waals surface area (Å²) in [6.07, 6.45) is 7.62. The molecule has 2 atom stereocenters. The lowest BCUT2D eigenvalue weighted by atomic mass is 9.60. The summed E-state index contributed by atoms with van der Waals surface area (Å²) in [7, 11) is 2.17. The normalized spacial score (nSPS) is 30.5. The second-order valence-corrected chi connectivity index (χ2v) is 5.52. The molecular weight excluding hydrogens is 212 g/mol. The Labute approximate surface area is 105 Å². The Morgan fingerprint density at radius 1 is 1.41 bits per heavy atom. The fourth-order valence-corrected chi connectivity index (χ4v) is 3.85. The predicted octanol–water partition coefficient (Wildman–Crippen LogP) is 2.57. The van der Waals surface area contributed by atoms with Gasteiger partial charge in [-0.25, -0.2) is 0 Å². The zero-order valence-electron chi connectivity index (χ0n) is 11.1. The topological polar surface area (TPSA) is 36.3 Å². The standard InChI is InChI=1S/C14H24N2O/c1-3-17-13-11-12(16(2)10-6-9-15)14(13)7-4-5-8-14/h12-13H,3-8,10-11H2,1-2H3/t12-,13+/m1/s1. The average Bonchev–Trinajstić information content (AvgIpc) is 2.83. The average molecular weight is 236 g/mol. The third-order valence-corrected chi connectivity index (χ3v) is 4.75. The molecule has 0 aromatic rings. The lowest BCUT2D eigenvalue weighted by molar-refractivity contribution is -0.160. The van der Waals surface area contributed by atoms with Crippen molar-refractivity contribution in [2.24, 2.45) is 5.41 Å². The van der Waals surface area contributed by atoms with Gasteiger partial charge >= 0.3 is 0 Å². The summed E-state index contributed by atoms with van der Waals surface area (Å²) in [5.41, 5.74) is 0.417. The van der Waals surface area contributed by atoms with Crippen molar-refractivity contribution in [2.45, 2.75) is 57.6 Å². The third-order valence-electron chi connectivity index (χ3n) is 4.75. The van der Waals surface area contributed by atoms with Crippen LogP contribution >= 0.6 is 0 Å². The number of hydrogen-bond acceptors (Lipinski definition) is 3. The van der Waals surface area contributed by atoms with Gasteiger partial charge < -0.3 is 9.64 Å². The van der Waals surface area contributed by atoms with Crippen LogP contribution in [0.5, 0.6) is 0 Å². The molecule has 0 aromatic carbocycles. The van der Waals surface area contributed by atoms with Crippen LogP contribution in [0.1, 0.15) is 45.4 Å². The van der Waals surface area contributed by atoms with E-state index < -0.39 is 0 Å². The number of hydrogen-bond donors (Lipinski definition) is 0. The maximum atomic E-state index is 8.68. The minimum Gasteiger partial charge on any atom is -0.378 e. The van der Waals surface area contributed by atoms with E-state index in [1.807, 2.05) is 0 Å². The Balaban J connectivity index is 1.97. The first-order valence-corrected chi connectivity index (χ1v) is 6.93. The first kappa shape index (κ1) is 12.9. The van der Waals surface area contributed by atoms with E-state index in [1.54, 1.807) is 0 Å². The summed E-state index contributed by atoms with van der Waals surface area (Å²) in [4.78, 5) is 2.39. The molecule has 3 nitrogen and oxygen atoms in total. The van der Waals surface area contributed by atoms with E-state index >= 15 is 0 Å². The van der Waals surface area contributed by atoms with Gasteiger partial charge in [-0.15, -0.1) is 0 Å². The summed E-state index contributed by atoms with van der Waals surface area (Å²) < 4.78 is 5.91. The van der Waals surface area contributed by atoms with Gasteiger partial charge in [0, 0.05) is 31.0 Å². The van der Waals surface area contributed by atoms with Gasteiger partial charge in [-0.2, -0.15) is 5.26 Å². The largest absolute Gasteiger partial charge is 0.378 e. The minimum absolute atomic E-state index is 0.417. The molecule has 17 heavy (non-hydrogen) atoms. The first-order valence-electron chi connectivity index (χ1n) is 6.93. The van der Waals surface area contributed by atoms with Crippen molar-refractivity contribution < 1.29 is 4.74 Å². The smallest absolute Gasteiger partial charge is 0.0661 e. The maximum absolute atomic E-state index is 8.68. The Morgan fingerprint density at radius 2 is 2.12 bits per heavy atom. The number of rotatable bonds is 5. The van der Waals surface area contributed by atoms with Gasteiger partial charge in [-0.1, -0.05) is 12.8 Å². The Bertz CT molecular complexity index is 291. The summed E-state index contributed by atoms with van der Waals surface area (Å²) in [5, 5.41) is 8.68. The molecule has 0 saturated heterocycles. The van der Waals surface area contributed by atoms with Crippen LogP contribution in [0, 0.1) is 16.7 Å². The van der Waals surface area contributed by atoms with E-state index in [0.29, 0.717) is 24.0 Å². The van der Waals surface area contributed by atoms with E-state index in [-0.39, 0.29) is 0 Å². The quantitative estimate of drug-likeness (QED) is 0.736. The molecule has 0 aromatic heterocycles. The van der Waals surface area contributed by atoms with Gasteiger partial charge in [0.05, 0.1) is 12.2 Å². The van der Waals surface area contributed by atoms with Gasteiger partial charge in [0.2, 0.25) is 0 Å². The highest BCUT2D eigenvalue weighted by Crippen LogP contribution is 2.56. The van der Waals surface area contributed by atoms with E-state index in [0.717, 1.165) is 19.6 Å². The van der Waals surface area contributed by atoms with E-state index in [2.05, 4.69) is 24.9 Å². The Hall–Kier alpha value is -0.590. The molecule has 2 fully saturated rings. The van der Waals surface area contributed by atoms with Gasteiger partial charge in [0.25, 0.3) is 0 Å². The molecule has 0 aliphatic heterocycles. The number of ether oxygens (including phenoxy) is 1. The lowest BCUT2D eigenvalue weighted by Gasteiger charge is -2.57. The Kier molecular flexibility index (Phi) is 4.06. The van der Waals surface area contributed by atoms with E-state index in [9.17, 15) is 0 Å². The van der Waals surface area contributed by atoms with E-state index in [4.69, 9.17) is 10.00 Å². The van der Waals surface area contributed by atoms with Crippen LogP contribution in [-0.2, 0) is 4.74 Å². The molecule has 2 rings (SSSR count). The maximum Gasteiger partial charge on any atom is 0.0661 e. The Morgan fingerprint density at radius 3 is 2.71 bits per heavy atom. The fourth-order valence-electron chi connectivity index (χ4n) is 3.85. The predicted molar refractivity (Wildman–Crippen MR) is 67.6 cm³/mol. The van der Waals surface area contributed by atoms with Crippen LogP contribution in [0.25, 0.3) is 0 Å². The SMILES string of the molecule is CCO[C@H]1C[C@@H](N(C)CCC#N)C12CCCC2. The first-order chi connectivity index (χ1) is 8.24. The zero-order valence-corrected chi connectivity index (χ0v) is 11.1. The molecule has 0 N–H and O–H groups in total. The fraction of sp³-hybridized carbons (Fsp3) is 0.929. The lowest BCUT2D eigenvalue weighted by Crippen LogP contribution is -2.63. The summed E-state index contributed by atoms with van der Waals surface area (Å²) in [6, 6.07) is 2.89. The molecule has 2 aliphatic rings. The number of nitrogens with zero attached hydrogens (tertiary/aromatic N) is 2. The highest BCUT2D eigenvalue weighted by molar-refractivity contribution is 5.10. The van der Waals surface area contributed by atoms with Gasteiger partial charge in [-0.3, -0.25) is 0 Å². The summed E-state index contributed by atoms with van der Waals surface area (Å²) in [6.45, 7) is 3.83. The van der Waals surface area contributed by atoms with Crippen molar-refractivity contribution in [1.82, 2.24) is 4.90 Å². The van der Waals surface area contributed by atoms with E-state index in [1.165, 1.54) is 25.7 Å². The van der Waals surface area contributed by atoms with Crippen molar-refractivity contribution >= 4 is 0 Å². The molecule has 0 radical (unpaired) electrons. The van der Waals surface area contributed by atoms with Gasteiger partial charge in [0.15, 0.2) is 0 Å².